The third-order valence-corrected chi connectivity index (χ3v) is 4.66. The van der Waals surface area contributed by atoms with E-state index in [2.05, 4.69) is 20.2 Å². The van der Waals surface area contributed by atoms with Crippen molar-refractivity contribution < 1.29 is 4.52 Å². The van der Waals surface area contributed by atoms with Gasteiger partial charge in [0.25, 0.3) is 5.56 Å². The Labute approximate surface area is 169 Å². The largest absolute Gasteiger partial charge is 0.337 e. The standard InChI is InChI=1S/C20H13ClN6O2/c21-14-6-4-13(5-7-14)16-11-17-20(28)26(9-10-27(17)24-16)12-18-23-19(25-29-18)15-3-1-2-8-22-15/h1-11H,12H2. The Balaban J connectivity index is 1.47. The van der Waals surface area contributed by atoms with Crippen molar-refractivity contribution in [3.05, 3.63) is 88.4 Å². The molecule has 9 heteroatoms. The van der Waals surface area contributed by atoms with Crippen LogP contribution in [0.3, 0.4) is 0 Å². The van der Waals surface area contributed by atoms with Crippen molar-refractivity contribution in [2.24, 2.45) is 0 Å². The second kappa shape index (κ2) is 6.99. The van der Waals surface area contributed by atoms with Crippen LogP contribution in [0.1, 0.15) is 5.89 Å². The monoisotopic (exact) mass is 404 g/mol. The van der Waals surface area contributed by atoms with Crippen LogP contribution in [0.2, 0.25) is 5.02 Å². The van der Waals surface area contributed by atoms with E-state index in [1.54, 1.807) is 47.4 Å². The SMILES string of the molecule is O=c1c2cc(-c3ccc(Cl)cc3)nn2ccn1Cc1nc(-c2ccccn2)no1. The van der Waals surface area contributed by atoms with Gasteiger partial charge in [0.15, 0.2) is 0 Å². The number of benzene rings is 1. The highest BCUT2D eigenvalue weighted by Crippen LogP contribution is 2.21. The smallest absolute Gasteiger partial charge is 0.277 e. The van der Waals surface area contributed by atoms with Gasteiger partial charge in [-0.3, -0.25) is 9.78 Å². The first-order valence-electron chi connectivity index (χ1n) is 8.76. The Kier molecular flexibility index (Phi) is 4.18. The lowest BCUT2D eigenvalue weighted by Crippen LogP contribution is -2.21. The topological polar surface area (TPSA) is 91.1 Å². The average Bonchev–Trinajstić information content (AvgIpc) is 3.39. The number of fused-ring (bicyclic) bond motifs is 1. The molecule has 142 valence electrons. The van der Waals surface area contributed by atoms with Crippen LogP contribution in [0.4, 0.5) is 0 Å². The van der Waals surface area contributed by atoms with E-state index in [9.17, 15) is 4.79 Å². The Hall–Kier alpha value is -3.78. The summed E-state index contributed by atoms with van der Waals surface area (Å²) in [4.78, 5) is 21.4. The molecule has 0 amide bonds. The average molecular weight is 405 g/mol. The van der Waals surface area contributed by atoms with Gasteiger partial charge in [0.2, 0.25) is 11.7 Å². The van der Waals surface area contributed by atoms with E-state index in [1.165, 1.54) is 4.57 Å². The lowest BCUT2D eigenvalue weighted by atomic mass is 10.1. The fraction of sp³-hybridized carbons (Fsp3) is 0.0500. The van der Waals surface area contributed by atoms with Crippen LogP contribution in [0, 0.1) is 0 Å². The summed E-state index contributed by atoms with van der Waals surface area (Å²) in [7, 11) is 0. The fourth-order valence-electron chi connectivity index (χ4n) is 2.98. The summed E-state index contributed by atoms with van der Waals surface area (Å²) in [5.74, 6) is 0.693. The maximum Gasteiger partial charge on any atom is 0.277 e. The lowest BCUT2D eigenvalue weighted by Gasteiger charge is -2.01. The van der Waals surface area contributed by atoms with Crippen molar-refractivity contribution in [1.29, 1.82) is 0 Å². The summed E-state index contributed by atoms with van der Waals surface area (Å²) in [6, 6.07) is 14.5. The quantitative estimate of drug-likeness (QED) is 0.456. The summed E-state index contributed by atoms with van der Waals surface area (Å²) < 4.78 is 8.33. The molecule has 0 aliphatic carbocycles. The summed E-state index contributed by atoms with van der Waals surface area (Å²) in [5.41, 5.74) is 2.40. The zero-order valence-electron chi connectivity index (χ0n) is 14.9. The third-order valence-electron chi connectivity index (χ3n) is 4.41. The number of hydrogen-bond acceptors (Lipinski definition) is 6. The van der Waals surface area contributed by atoms with E-state index >= 15 is 0 Å². The first kappa shape index (κ1) is 17.3. The minimum atomic E-state index is -0.210. The van der Waals surface area contributed by atoms with Gasteiger partial charge in [-0.1, -0.05) is 35.0 Å². The molecule has 1 aromatic carbocycles. The highest BCUT2D eigenvalue weighted by atomic mass is 35.5. The van der Waals surface area contributed by atoms with E-state index in [1.807, 2.05) is 24.3 Å². The first-order valence-corrected chi connectivity index (χ1v) is 9.14. The minimum Gasteiger partial charge on any atom is -0.337 e. The van der Waals surface area contributed by atoms with Crippen LogP contribution in [-0.2, 0) is 6.54 Å². The summed E-state index contributed by atoms with van der Waals surface area (Å²) in [6.45, 7) is 0.149. The molecule has 0 bridgehead atoms. The van der Waals surface area contributed by atoms with E-state index in [-0.39, 0.29) is 12.1 Å². The van der Waals surface area contributed by atoms with Crippen molar-refractivity contribution in [2.75, 3.05) is 0 Å². The minimum absolute atomic E-state index is 0.149. The van der Waals surface area contributed by atoms with Gasteiger partial charge in [-0.2, -0.15) is 10.1 Å². The molecule has 8 nitrogen and oxygen atoms in total. The Morgan fingerprint density at radius 1 is 1.03 bits per heavy atom. The number of halogens is 1. The molecular formula is C20H13ClN6O2. The molecule has 0 fully saturated rings. The van der Waals surface area contributed by atoms with Crippen LogP contribution >= 0.6 is 11.6 Å². The molecule has 0 saturated carbocycles. The van der Waals surface area contributed by atoms with E-state index in [0.29, 0.717) is 33.6 Å². The van der Waals surface area contributed by atoms with Crippen LogP contribution in [-0.4, -0.2) is 29.3 Å². The van der Waals surface area contributed by atoms with Gasteiger partial charge in [0.1, 0.15) is 17.8 Å². The number of hydrogen-bond donors (Lipinski definition) is 0. The van der Waals surface area contributed by atoms with Gasteiger partial charge in [0.05, 0.1) is 5.69 Å². The van der Waals surface area contributed by atoms with Crippen molar-refractivity contribution in [3.8, 4) is 22.8 Å². The molecule has 5 rings (SSSR count). The van der Waals surface area contributed by atoms with E-state index in [4.69, 9.17) is 16.1 Å². The molecule has 0 saturated heterocycles. The number of rotatable bonds is 4. The molecule has 0 radical (unpaired) electrons. The normalized spacial score (nSPS) is 11.2. The second-order valence-electron chi connectivity index (χ2n) is 6.32. The number of aromatic nitrogens is 6. The van der Waals surface area contributed by atoms with Crippen molar-refractivity contribution in [1.82, 2.24) is 29.3 Å². The molecule has 0 atom stereocenters. The predicted molar refractivity (Wildman–Crippen MR) is 107 cm³/mol. The number of pyridine rings is 1. The third kappa shape index (κ3) is 3.30. The maximum absolute atomic E-state index is 12.9. The lowest BCUT2D eigenvalue weighted by molar-refractivity contribution is 0.370. The Bertz CT molecular complexity index is 1360. The van der Waals surface area contributed by atoms with Gasteiger partial charge in [-0.15, -0.1) is 0 Å². The molecule has 4 heterocycles. The second-order valence-corrected chi connectivity index (χ2v) is 6.76. The molecule has 0 unspecified atom stereocenters. The zero-order valence-corrected chi connectivity index (χ0v) is 15.7. The Morgan fingerprint density at radius 3 is 2.69 bits per heavy atom. The summed E-state index contributed by atoms with van der Waals surface area (Å²) in [6.07, 6.45) is 5.01. The predicted octanol–water partition coefficient (Wildman–Crippen LogP) is 3.31. The van der Waals surface area contributed by atoms with Crippen molar-refractivity contribution in [2.45, 2.75) is 6.54 Å². The zero-order chi connectivity index (χ0) is 19.8. The number of nitrogens with zero attached hydrogens (tertiary/aromatic N) is 6. The summed E-state index contributed by atoms with van der Waals surface area (Å²) in [5, 5.41) is 9.04. The van der Waals surface area contributed by atoms with Crippen LogP contribution in [0.15, 0.2) is 76.4 Å². The maximum atomic E-state index is 12.9. The van der Waals surface area contributed by atoms with Gasteiger partial charge < -0.3 is 9.09 Å². The van der Waals surface area contributed by atoms with Gasteiger partial charge in [-0.05, 0) is 30.3 Å². The van der Waals surface area contributed by atoms with Gasteiger partial charge >= 0.3 is 0 Å². The summed E-state index contributed by atoms with van der Waals surface area (Å²) >= 11 is 5.94. The molecule has 4 aromatic heterocycles. The molecular weight excluding hydrogens is 392 g/mol. The van der Waals surface area contributed by atoms with Crippen LogP contribution in [0.5, 0.6) is 0 Å². The van der Waals surface area contributed by atoms with Crippen molar-refractivity contribution in [3.63, 3.8) is 0 Å². The molecule has 0 aliphatic heterocycles. The van der Waals surface area contributed by atoms with Gasteiger partial charge in [0, 0.05) is 29.2 Å². The molecule has 0 aliphatic rings. The fourth-order valence-corrected chi connectivity index (χ4v) is 3.10. The Morgan fingerprint density at radius 2 is 1.90 bits per heavy atom. The molecule has 5 aromatic rings. The van der Waals surface area contributed by atoms with E-state index in [0.717, 1.165) is 5.56 Å². The molecule has 0 N–H and O–H groups in total. The van der Waals surface area contributed by atoms with E-state index < -0.39 is 0 Å². The highest BCUT2D eigenvalue weighted by Gasteiger charge is 2.13. The first-order chi connectivity index (χ1) is 14.2. The molecule has 0 spiro atoms. The molecule has 29 heavy (non-hydrogen) atoms. The van der Waals surface area contributed by atoms with Crippen LogP contribution in [0.25, 0.3) is 28.3 Å². The van der Waals surface area contributed by atoms with Gasteiger partial charge in [-0.25, -0.2) is 4.52 Å². The van der Waals surface area contributed by atoms with Crippen LogP contribution < -0.4 is 5.56 Å². The highest BCUT2D eigenvalue weighted by molar-refractivity contribution is 6.30. The van der Waals surface area contributed by atoms with Crippen molar-refractivity contribution >= 4 is 17.1 Å².